The van der Waals surface area contributed by atoms with Crippen LogP contribution in [0.25, 0.3) is 0 Å². The van der Waals surface area contributed by atoms with Crippen molar-refractivity contribution in [3.63, 3.8) is 0 Å². The zero-order valence-electron chi connectivity index (χ0n) is 17.0. The molecule has 0 aliphatic heterocycles. The highest BCUT2D eigenvalue weighted by Crippen LogP contribution is 2.12. The van der Waals surface area contributed by atoms with Crippen LogP contribution in [-0.2, 0) is 14.2 Å². The lowest BCUT2D eigenvalue weighted by molar-refractivity contribution is 0.0427. The Balaban J connectivity index is 3.28. The molecule has 0 fully saturated rings. The van der Waals surface area contributed by atoms with Gasteiger partial charge in [0, 0.05) is 0 Å². The quantitative estimate of drug-likeness (QED) is 0.466. The van der Waals surface area contributed by atoms with Crippen molar-refractivity contribution in [2.24, 2.45) is 4.99 Å². The summed E-state index contributed by atoms with van der Waals surface area (Å²) in [4.78, 5) is 40.4. The van der Waals surface area contributed by atoms with Gasteiger partial charge < -0.3 is 14.2 Å². The van der Waals surface area contributed by atoms with Crippen LogP contribution in [0.1, 0.15) is 40.2 Å². The number of carbonyl (C=O) groups excluding carboxylic acids is 3. The van der Waals surface area contributed by atoms with Gasteiger partial charge in [0.15, 0.2) is 0 Å². The van der Waals surface area contributed by atoms with E-state index in [1.165, 1.54) is 7.11 Å². The van der Waals surface area contributed by atoms with Crippen molar-refractivity contribution in [2.45, 2.75) is 52.9 Å². The fourth-order valence-electron chi connectivity index (χ4n) is 2.17. The molecule has 0 unspecified atom stereocenters. The van der Waals surface area contributed by atoms with E-state index in [0.29, 0.717) is 5.56 Å². The molecule has 0 aliphatic carbocycles. The summed E-state index contributed by atoms with van der Waals surface area (Å²) in [5, 5.41) is 0.930. The van der Waals surface area contributed by atoms with Gasteiger partial charge in [-0.15, -0.1) is 0 Å². The molecule has 0 bridgehead atoms. The van der Waals surface area contributed by atoms with E-state index in [1.54, 1.807) is 65.0 Å². The van der Waals surface area contributed by atoms with E-state index in [9.17, 15) is 14.4 Å². The molecular formula is C19H27N3O6. The minimum atomic E-state index is -0.868. The Kier molecular flexibility index (Phi) is 8.94. The Morgan fingerprint density at radius 2 is 1.54 bits per heavy atom. The minimum absolute atomic E-state index is 0.206. The van der Waals surface area contributed by atoms with E-state index in [1.807, 2.05) is 0 Å². The van der Waals surface area contributed by atoms with Gasteiger partial charge in [0.25, 0.3) is 0 Å². The first-order valence-electron chi connectivity index (χ1n) is 8.84. The second kappa shape index (κ2) is 10.9. The van der Waals surface area contributed by atoms with Crippen LogP contribution < -0.4 is 5.43 Å². The second-order valence-corrected chi connectivity index (χ2v) is 6.38. The summed E-state index contributed by atoms with van der Waals surface area (Å²) in [7, 11) is 1.20. The molecule has 0 aliphatic rings. The lowest BCUT2D eigenvalue weighted by atomic mass is 10.0. The van der Waals surface area contributed by atoms with E-state index < -0.39 is 36.5 Å². The summed E-state index contributed by atoms with van der Waals surface area (Å²) < 4.78 is 14.9. The first-order valence-corrected chi connectivity index (χ1v) is 8.84. The summed E-state index contributed by atoms with van der Waals surface area (Å²) in [6.07, 6.45) is -3.32. The van der Waals surface area contributed by atoms with Crippen LogP contribution in [0.5, 0.6) is 0 Å². The lowest BCUT2D eigenvalue weighted by Crippen LogP contribution is -2.55. The third kappa shape index (κ3) is 7.26. The number of benzene rings is 1. The van der Waals surface area contributed by atoms with Gasteiger partial charge in [-0.3, -0.25) is 0 Å². The molecule has 1 rings (SSSR count). The number of aliphatic imine (C=N–C) groups is 1. The lowest BCUT2D eigenvalue weighted by Gasteiger charge is -2.30. The molecule has 0 spiro atoms. The average molecular weight is 393 g/mol. The molecule has 154 valence electrons. The fourth-order valence-corrected chi connectivity index (χ4v) is 2.17. The van der Waals surface area contributed by atoms with Crippen LogP contribution in [0.2, 0.25) is 0 Å². The minimum Gasteiger partial charge on any atom is -0.451 e. The predicted octanol–water partition coefficient (Wildman–Crippen LogP) is 3.53. The monoisotopic (exact) mass is 393 g/mol. The standard InChI is InChI=1S/C19H27N3O6/c1-12(2)27-18(24)21-22(19(25)28-13(3)4)14(5)16(20-17(23)26-6)15-10-8-7-9-11-15/h7-14H,1-6H3,(H,21,24)/b20-16-/t14-/m1/s1. The Morgan fingerprint density at radius 3 is 2.04 bits per heavy atom. The summed E-state index contributed by atoms with van der Waals surface area (Å²) >= 11 is 0. The van der Waals surface area contributed by atoms with Crippen molar-refractivity contribution in [3.05, 3.63) is 35.9 Å². The Bertz CT molecular complexity index is 703. The Labute approximate surface area is 164 Å². The Hall–Kier alpha value is -3.10. The summed E-state index contributed by atoms with van der Waals surface area (Å²) in [5.41, 5.74) is 3.14. The number of amides is 3. The van der Waals surface area contributed by atoms with Crippen LogP contribution >= 0.6 is 0 Å². The maximum Gasteiger partial charge on any atom is 0.433 e. The zero-order valence-corrected chi connectivity index (χ0v) is 17.0. The molecule has 1 aromatic rings. The van der Waals surface area contributed by atoms with Crippen LogP contribution in [0.15, 0.2) is 35.3 Å². The number of hydrazine groups is 1. The third-order valence-electron chi connectivity index (χ3n) is 3.33. The van der Waals surface area contributed by atoms with Gasteiger partial charge >= 0.3 is 18.3 Å². The number of carbonyl (C=O) groups is 3. The summed E-state index contributed by atoms with van der Waals surface area (Å²) in [5.74, 6) is 0. The molecule has 0 saturated carbocycles. The largest absolute Gasteiger partial charge is 0.451 e. The number of hydrogen-bond donors (Lipinski definition) is 1. The number of methoxy groups -OCH3 is 1. The SMILES string of the molecule is COC(=O)/N=C(\c1ccccc1)[C@@H](C)N(NC(=O)OC(C)C)C(=O)OC(C)C. The predicted molar refractivity (Wildman–Crippen MR) is 103 cm³/mol. The first-order chi connectivity index (χ1) is 13.1. The molecule has 3 amide bonds. The highest BCUT2D eigenvalue weighted by atomic mass is 16.6. The number of ether oxygens (including phenoxy) is 3. The van der Waals surface area contributed by atoms with Crippen LogP contribution in [0, 0.1) is 0 Å². The van der Waals surface area contributed by atoms with Crippen molar-refractivity contribution in [2.75, 3.05) is 7.11 Å². The van der Waals surface area contributed by atoms with E-state index >= 15 is 0 Å². The molecule has 1 atom stereocenters. The highest BCUT2D eigenvalue weighted by Gasteiger charge is 2.30. The smallest absolute Gasteiger partial charge is 0.433 e. The topological polar surface area (TPSA) is 107 Å². The molecule has 9 heteroatoms. The van der Waals surface area contributed by atoms with Crippen molar-refractivity contribution in [1.82, 2.24) is 10.4 Å². The zero-order chi connectivity index (χ0) is 21.3. The molecule has 0 radical (unpaired) electrons. The van der Waals surface area contributed by atoms with Crippen molar-refractivity contribution in [3.8, 4) is 0 Å². The Morgan fingerprint density at radius 1 is 0.964 bits per heavy atom. The van der Waals surface area contributed by atoms with Gasteiger partial charge in [-0.1, -0.05) is 30.3 Å². The molecule has 0 saturated heterocycles. The third-order valence-corrected chi connectivity index (χ3v) is 3.33. The van der Waals surface area contributed by atoms with Crippen LogP contribution in [0.4, 0.5) is 14.4 Å². The maximum absolute atomic E-state index is 12.6. The molecule has 1 N–H and O–H groups in total. The molecule has 9 nitrogen and oxygen atoms in total. The summed E-state index contributed by atoms with van der Waals surface area (Å²) in [6, 6.07) is 7.88. The highest BCUT2D eigenvalue weighted by molar-refractivity contribution is 6.09. The first kappa shape index (κ1) is 22.9. The van der Waals surface area contributed by atoms with E-state index in [4.69, 9.17) is 9.47 Å². The number of nitrogens with one attached hydrogen (secondary N) is 1. The second-order valence-electron chi connectivity index (χ2n) is 6.38. The number of rotatable bonds is 5. The van der Waals surface area contributed by atoms with E-state index in [-0.39, 0.29) is 5.71 Å². The summed E-state index contributed by atoms with van der Waals surface area (Å²) in [6.45, 7) is 8.29. The van der Waals surface area contributed by atoms with E-state index in [0.717, 1.165) is 5.01 Å². The van der Waals surface area contributed by atoms with Gasteiger partial charge in [0.1, 0.15) is 0 Å². The van der Waals surface area contributed by atoms with E-state index in [2.05, 4.69) is 15.2 Å². The van der Waals surface area contributed by atoms with Gasteiger partial charge in [-0.25, -0.2) is 24.8 Å². The molecule has 28 heavy (non-hydrogen) atoms. The van der Waals surface area contributed by atoms with Crippen molar-refractivity contribution in [1.29, 1.82) is 0 Å². The van der Waals surface area contributed by atoms with Crippen molar-refractivity contribution < 1.29 is 28.6 Å². The molecular weight excluding hydrogens is 366 g/mol. The van der Waals surface area contributed by atoms with Crippen molar-refractivity contribution >= 4 is 24.0 Å². The van der Waals surface area contributed by atoms with Gasteiger partial charge in [-0.05, 0) is 40.2 Å². The normalized spacial score (nSPS) is 12.4. The van der Waals surface area contributed by atoms with Crippen LogP contribution in [0.3, 0.4) is 0 Å². The van der Waals surface area contributed by atoms with Gasteiger partial charge in [-0.2, -0.15) is 4.99 Å². The van der Waals surface area contributed by atoms with Gasteiger partial charge in [0.2, 0.25) is 0 Å². The molecule has 0 heterocycles. The maximum atomic E-state index is 12.6. The van der Waals surface area contributed by atoms with Gasteiger partial charge in [0.05, 0.1) is 31.1 Å². The fraction of sp³-hybridized carbons (Fsp3) is 0.474. The number of nitrogens with zero attached hydrogens (tertiary/aromatic N) is 2. The van der Waals surface area contributed by atoms with Crippen LogP contribution in [-0.4, -0.2) is 54.4 Å². The average Bonchev–Trinajstić information content (AvgIpc) is 2.62. The molecule has 0 aromatic heterocycles. The molecule has 1 aromatic carbocycles. The number of hydrogen-bond acceptors (Lipinski definition) is 6.